The quantitative estimate of drug-likeness (QED) is 0.730. The number of hydrogen-bond acceptors (Lipinski definition) is 2. The van der Waals surface area contributed by atoms with Gasteiger partial charge in [-0.1, -0.05) is 6.07 Å². The lowest BCUT2D eigenvalue weighted by Gasteiger charge is -2.16. The molecular formula is C20H20FN3O. The first kappa shape index (κ1) is 15.8. The van der Waals surface area contributed by atoms with Gasteiger partial charge in [0.15, 0.2) is 0 Å². The third kappa shape index (κ3) is 3.02. The maximum Gasteiger partial charge on any atom is 0.242 e. The molecule has 0 unspecified atom stereocenters. The Bertz CT molecular complexity index is 941. The van der Waals surface area contributed by atoms with Gasteiger partial charge in [-0.3, -0.25) is 9.78 Å². The molecule has 4 rings (SSSR count). The summed E-state index contributed by atoms with van der Waals surface area (Å²) in [5.41, 5.74) is 4.23. The van der Waals surface area contributed by atoms with Gasteiger partial charge in [0.25, 0.3) is 0 Å². The minimum absolute atomic E-state index is 0.151. The molecule has 3 heterocycles. The zero-order valence-electron chi connectivity index (χ0n) is 14.2. The lowest BCUT2D eigenvalue weighted by molar-refractivity contribution is -0.130. The van der Waals surface area contributed by atoms with Gasteiger partial charge in [-0.15, -0.1) is 0 Å². The Morgan fingerprint density at radius 2 is 1.96 bits per heavy atom. The van der Waals surface area contributed by atoms with Gasteiger partial charge in [0.2, 0.25) is 5.91 Å². The number of aromatic nitrogens is 2. The predicted molar refractivity (Wildman–Crippen MR) is 95.7 cm³/mol. The van der Waals surface area contributed by atoms with E-state index in [1.54, 1.807) is 19.2 Å². The summed E-state index contributed by atoms with van der Waals surface area (Å²) in [6.07, 6.45) is 5.88. The molecule has 0 spiro atoms. The fourth-order valence-electron chi connectivity index (χ4n) is 3.40. The molecule has 128 valence electrons. The summed E-state index contributed by atoms with van der Waals surface area (Å²) in [4.78, 5) is 18.9. The van der Waals surface area contributed by atoms with Gasteiger partial charge < -0.3 is 9.47 Å². The minimum Gasteiger partial charge on any atom is -0.341 e. The van der Waals surface area contributed by atoms with Crippen LogP contribution in [0.4, 0.5) is 4.39 Å². The van der Waals surface area contributed by atoms with Crippen molar-refractivity contribution >= 4 is 16.9 Å². The average molecular weight is 337 g/mol. The van der Waals surface area contributed by atoms with Crippen LogP contribution in [0.25, 0.3) is 22.2 Å². The summed E-state index contributed by atoms with van der Waals surface area (Å²) >= 11 is 0. The number of fused-ring (bicyclic) bond motifs is 1. The molecule has 0 aliphatic carbocycles. The maximum absolute atomic E-state index is 13.5. The Balaban J connectivity index is 1.67. The molecule has 0 atom stereocenters. The molecule has 1 fully saturated rings. The zero-order chi connectivity index (χ0) is 17.4. The number of carbonyl (C=O) groups excluding carboxylic acids is 1. The molecule has 0 radical (unpaired) electrons. The second-order valence-electron chi connectivity index (χ2n) is 6.62. The van der Waals surface area contributed by atoms with Crippen LogP contribution in [0.15, 0.2) is 42.7 Å². The van der Waals surface area contributed by atoms with Crippen LogP contribution in [0.2, 0.25) is 0 Å². The number of halogens is 1. The Morgan fingerprint density at radius 1 is 1.16 bits per heavy atom. The van der Waals surface area contributed by atoms with E-state index in [0.717, 1.165) is 48.1 Å². The molecule has 5 heteroatoms. The number of hydrogen-bond donors (Lipinski definition) is 0. The molecule has 2 aromatic heterocycles. The summed E-state index contributed by atoms with van der Waals surface area (Å²) in [6, 6.07) is 9.00. The van der Waals surface area contributed by atoms with Crippen molar-refractivity contribution in [2.45, 2.75) is 26.3 Å². The van der Waals surface area contributed by atoms with Crippen LogP contribution < -0.4 is 0 Å². The van der Waals surface area contributed by atoms with Gasteiger partial charge in [-0.2, -0.15) is 0 Å². The number of carbonyl (C=O) groups is 1. The number of aryl methyl sites for hydroxylation is 1. The van der Waals surface area contributed by atoms with E-state index in [0.29, 0.717) is 12.1 Å². The van der Waals surface area contributed by atoms with Crippen molar-refractivity contribution in [1.29, 1.82) is 0 Å². The molecule has 0 N–H and O–H groups in total. The summed E-state index contributed by atoms with van der Waals surface area (Å²) in [5.74, 6) is -0.0598. The second-order valence-corrected chi connectivity index (χ2v) is 6.62. The second kappa shape index (κ2) is 6.31. The lowest BCUT2D eigenvalue weighted by atomic mass is 10.0. The SMILES string of the molecule is Cc1cc(-c2cnc3ccn(CC(=O)N4CCCC4)c3c2)ccc1F. The van der Waals surface area contributed by atoms with Crippen molar-refractivity contribution in [3.05, 3.63) is 54.1 Å². The molecule has 1 amide bonds. The smallest absolute Gasteiger partial charge is 0.242 e. The van der Waals surface area contributed by atoms with E-state index >= 15 is 0 Å². The van der Waals surface area contributed by atoms with Crippen molar-refractivity contribution < 1.29 is 9.18 Å². The van der Waals surface area contributed by atoms with Crippen molar-refractivity contribution in [2.75, 3.05) is 13.1 Å². The Kier molecular flexibility index (Phi) is 3.99. The molecule has 3 aromatic rings. The topological polar surface area (TPSA) is 38.1 Å². The number of amides is 1. The van der Waals surface area contributed by atoms with Gasteiger partial charge in [-0.25, -0.2) is 4.39 Å². The summed E-state index contributed by atoms with van der Waals surface area (Å²) in [6.45, 7) is 3.80. The number of nitrogens with zero attached hydrogens (tertiary/aromatic N) is 3. The standard InChI is InChI=1S/C20H20FN3O/c1-14-10-15(4-5-17(14)21)16-11-19-18(22-12-16)6-9-24(19)13-20(25)23-7-2-3-8-23/h4-6,9-12H,2-3,7-8,13H2,1H3. The summed E-state index contributed by atoms with van der Waals surface area (Å²) < 4.78 is 15.5. The van der Waals surface area contributed by atoms with Crippen molar-refractivity contribution in [3.63, 3.8) is 0 Å². The van der Waals surface area contributed by atoms with Gasteiger partial charge in [0, 0.05) is 31.0 Å². The highest BCUT2D eigenvalue weighted by molar-refractivity contribution is 5.84. The Hall–Kier alpha value is -2.69. The fraction of sp³-hybridized carbons (Fsp3) is 0.300. The lowest BCUT2D eigenvalue weighted by Crippen LogP contribution is -2.30. The Morgan fingerprint density at radius 3 is 2.72 bits per heavy atom. The summed E-state index contributed by atoms with van der Waals surface area (Å²) in [5, 5.41) is 0. The predicted octanol–water partition coefficient (Wildman–Crippen LogP) is 3.77. The molecule has 4 nitrogen and oxygen atoms in total. The largest absolute Gasteiger partial charge is 0.341 e. The monoisotopic (exact) mass is 337 g/mol. The average Bonchev–Trinajstić information content (AvgIpc) is 3.27. The molecule has 1 aliphatic rings. The number of rotatable bonds is 3. The molecule has 1 saturated heterocycles. The fourth-order valence-corrected chi connectivity index (χ4v) is 3.40. The third-order valence-electron chi connectivity index (χ3n) is 4.87. The van der Waals surface area contributed by atoms with Crippen LogP contribution in [-0.4, -0.2) is 33.4 Å². The molecule has 25 heavy (non-hydrogen) atoms. The first-order chi connectivity index (χ1) is 12.1. The first-order valence-electron chi connectivity index (χ1n) is 8.61. The van der Waals surface area contributed by atoms with E-state index in [1.807, 2.05) is 33.9 Å². The van der Waals surface area contributed by atoms with E-state index in [4.69, 9.17) is 0 Å². The highest BCUT2D eigenvalue weighted by atomic mass is 19.1. The van der Waals surface area contributed by atoms with Crippen molar-refractivity contribution in [1.82, 2.24) is 14.5 Å². The molecular weight excluding hydrogens is 317 g/mol. The van der Waals surface area contributed by atoms with E-state index < -0.39 is 0 Å². The van der Waals surface area contributed by atoms with Gasteiger partial charge in [0.05, 0.1) is 11.0 Å². The van der Waals surface area contributed by atoms with Gasteiger partial charge >= 0.3 is 0 Å². The van der Waals surface area contributed by atoms with E-state index in [9.17, 15) is 9.18 Å². The Labute approximate surface area is 145 Å². The molecule has 1 aliphatic heterocycles. The van der Waals surface area contributed by atoms with Crippen LogP contribution >= 0.6 is 0 Å². The number of benzene rings is 1. The van der Waals surface area contributed by atoms with Crippen LogP contribution in [0.5, 0.6) is 0 Å². The molecule has 1 aromatic carbocycles. The van der Waals surface area contributed by atoms with Crippen molar-refractivity contribution in [3.8, 4) is 11.1 Å². The third-order valence-corrected chi connectivity index (χ3v) is 4.87. The minimum atomic E-state index is -0.211. The highest BCUT2D eigenvalue weighted by Gasteiger charge is 2.18. The van der Waals surface area contributed by atoms with E-state index in [2.05, 4.69) is 4.98 Å². The van der Waals surface area contributed by atoms with E-state index in [1.165, 1.54) is 6.07 Å². The molecule has 0 saturated carbocycles. The highest BCUT2D eigenvalue weighted by Crippen LogP contribution is 2.25. The van der Waals surface area contributed by atoms with Crippen LogP contribution in [0.3, 0.4) is 0 Å². The van der Waals surface area contributed by atoms with Crippen LogP contribution in [-0.2, 0) is 11.3 Å². The zero-order valence-corrected chi connectivity index (χ0v) is 14.2. The first-order valence-corrected chi connectivity index (χ1v) is 8.61. The normalized spacial score (nSPS) is 14.4. The van der Waals surface area contributed by atoms with Crippen molar-refractivity contribution in [2.24, 2.45) is 0 Å². The number of likely N-dealkylation sites (tertiary alicyclic amines) is 1. The van der Waals surface area contributed by atoms with Crippen LogP contribution in [0, 0.1) is 12.7 Å². The van der Waals surface area contributed by atoms with Gasteiger partial charge in [0.1, 0.15) is 12.4 Å². The van der Waals surface area contributed by atoms with Gasteiger partial charge in [-0.05, 0) is 55.2 Å². The van der Waals surface area contributed by atoms with E-state index in [-0.39, 0.29) is 11.7 Å². The van der Waals surface area contributed by atoms with Crippen LogP contribution in [0.1, 0.15) is 18.4 Å². The summed E-state index contributed by atoms with van der Waals surface area (Å²) in [7, 11) is 0. The molecule has 0 bridgehead atoms. The number of pyridine rings is 1. The maximum atomic E-state index is 13.5.